The summed E-state index contributed by atoms with van der Waals surface area (Å²) < 4.78 is 36.9. The number of sulfone groups is 1. The quantitative estimate of drug-likeness (QED) is 0.643. The highest BCUT2D eigenvalue weighted by Crippen LogP contribution is 2.26. The predicted molar refractivity (Wildman–Crippen MR) is 119 cm³/mol. The SMILES string of the molecule is Cc1cc(-c2ccc3cc(C(=O)N[C@H]4CS(=O)(=O)C[C@H]4N)ccc3c2)ccc1F.Cl. The first kappa shape index (κ1) is 22.2. The second kappa shape index (κ2) is 8.34. The Kier molecular flexibility index (Phi) is 6.17. The van der Waals surface area contributed by atoms with E-state index in [1.54, 1.807) is 31.2 Å². The zero-order valence-corrected chi connectivity index (χ0v) is 17.9. The summed E-state index contributed by atoms with van der Waals surface area (Å²) >= 11 is 0. The molecule has 0 radical (unpaired) electrons. The minimum Gasteiger partial charge on any atom is -0.347 e. The Morgan fingerprint density at radius 1 is 1.00 bits per heavy atom. The number of hydrogen-bond donors (Lipinski definition) is 2. The number of aryl methyl sites for hydroxylation is 1. The lowest BCUT2D eigenvalue weighted by atomic mass is 9.98. The summed E-state index contributed by atoms with van der Waals surface area (Å²) in [7, 11) is -3.21. The number of amides is 1. The predicted octanol–water partition coefficient (Wildman–Crippen LogP) is 3.23. The van der Waals surface area contributed by atoms with Gasteiger partial charge in [-0.2, -0.15) is 0 Å². The first-order valence-corrected chi connectivity index (χ1v) is 11.1. The molecule has 158 valence electrons. The Hall–Kier alpha value is -2.48. The molecule has 0 saturated carbocycles. The summed E-state index contributed by atoms with van der Waals surface area (Å²) in [5.74, 6) is -0.822. The molecule has 0 spiro atoms. The summed E-state index contributed by atoms with van der Waals surface area (Å²) in [4.78, 5) is 12.6. The monoisotopic (exact) mass is 448 g/mol. The van der Waals surface area contributed by atoms with Crippen molar-refractivity contribution in [3.63, 3.8) is 0 Å². The summed E-state index contributed by atoms with van der Waals surface area (Å²) in [6.07, 6.45) is 0. The van der Waals surface area contributed by atoms with E-state index in [4.69, 9.17) is 5.73 Å². The van der Waals surface area contributed by atoms with Crippen LogP contribution < -0.4 is 11.1 Å². The van der Waals surface area contributed by atoms with Gasteiger partial charge in [-0.25, -0.2) is 12.8 Å². The molecule has 3 aromatic carbocycles. The van der Waals surface area contributed by atoms with Crippen molar-refractivity contribution < 1.29 is 17.6 Å². The van der Waals surface area contributed by atoms with Gasteiger partial charge in [-0.1, -0.05) is 24.3 Å². The minimum atomic E-state index is -3.21. The fourth-order valence-electron chi connectivity index (χ4n) is 3.67. The molecule has 8 heteroatoms. The smallest absolute Gasteiger partial charge is 0.251 e. The van der Waals surface area contributed by atoms with Gasteiger partial charge in [0.05, 0.1) is 17.5 Å². The van der Waals surface area contributed by atoms with Gasteiger partial charge >= 0.3 is 0 Å². The number of fused-ring (bicyclic) bond motifs is 1. The van der Waals surface area contributed by atoms with Gasteiger partial charge in [-0.05, 0) is 64.7 Å². The van der Waals surface area contributed by atoms with Crippen molar-refractivity contribution in [2.24, 2.45) is 5.73 Å². The highest BCUT2D eigenvalue weighted by Gasteiger charge is 2.36. The van der Waals surface area contributed by atoms with Gasteiger partial charge in [-0.15, -0.1) is 12.4 Å². The molecule has 1 fully saturated rings. The standard InChI is InChI=1S/C22H21FN2O3S.ClH/c1-13-8-14(6-7-19(13)23)15-2-3-17-10-18(5-4-16(17)9-15)22(26)25-21-12-29(27,28)11-20(21)24;/h2-10,20-21H,11-12,24H2,1H3,(H,25,26);1H/t20-,21+;/m1./s1. The number of nitrogens with one attached hydrogen (secondary N) is 1. The van der Waals surface area contributed by atoms with Gasteiger partial charge in [-0.3, -0.25) is 4.79 Å². The van der Waals surface area contributed by atoms with Crippen LogP contribution >= 0.6 is 12.4 Å². The van der Waals surface area contributed by atoms with Gasteiger partial charge in [0.25, 0.3) is 5.91 Å². The Labute approximate surface area is 180 Å². The first-order chi connectivity index (χ1) is 13.7. The number of carbonyl (C=O) groups excluding carboxylic acids is 1. The molecule has 1 saturated heterocycles. The summed E-state index contributed by atoms with van der Waals surface area (Å²) in [6.45, 7) is 1.73. The van der Waals surface area contributed by atoms with E-state index < -0.39 is 21.9 Å². The van der Waals surface area contributed by atoms with Crippen LogP contribution in [0.4, 0.5) is 4.39 Å². The maximum atomic E-state index is 13.5. The number of rotatable bonds is 3. The lowest BCUT2D eigenvalue weighted by molar-refractivity contribution is 0.0938. The van der Waals surface area contributed by atoms with Crippen LogP contribution in [0.1, 0.15) is 15.9 Å². The highest BCUT2D eigenvalue weighted by molar-refractivity contribution is 7.91. The van der Waals surface area contributed by atoms with Crippen LogP contribution in [0.2, 0.25) is 0 Å². The van der Waals surface area contributed by atoms with Crippen molar-refractivity contribution in [1.82, 2.24) is 5.32 Å². The van der Waals surface area contributed by atoms with Crippen molar-refractivity contribution in [2.45, 2.75) is 19.0 Å². The van der Waals surface area contributed by atoms with Crippen LogP contribution in [0, 0.1) is 12.7 Å². The van der Waals surface area contributed by atoms with Crippen molar-refractivity contribution in [1.29, 1.82) is 0 Å². The van der Waals surface area contributed by atoms with E-state index in [1.807, 2.05) is 24.3 Å². The number of hydrogen-bond acceptors (Lipinski definition) is 4. The van der Waals surface area contributed by atoms with E-state index in [0.29, 0.717) is 11.1 Å². The fraction of sp³-hybridized carbons (Fsp3) is 0.227. The summed E-state index contributed by atoms with van der Waals surface area (Å²) in [5.41, 5.74) is 8.75. The molecule has 0 unspecified atom stereocenters. The van der Waals surface area contributed by atoms with E-state index in [0.717, 1.165) is 21.9 Å². The largest absolute Gasteiger partial charge is 0.347 e. The Morgan fingerprint density at radius 2 is 1.63 bits per heavy atom. The van der Waals surface area contributed by atoms with Gasteiger partial charge in [0.1, 0.15) is 5.82 Å². The molecule has 2 atom stereocenters. The number of benzene rings is 3. The Morgan fingerprint density at radius 3 is 2.30 bits per heavy atom. The van der Waals surface area contributed by atoms with E-state index in [-0.39, 0.29) is 35.6 Å². The Balaban J connectivity index is 0.00000256. The third-order valence-corrected chi connectivity index (χ3v) is 7.07. The lowest BCUT2D eigenvalue weighted by Gasteiger charge is -2.16. The van der Waals surface area contributed by atoms with Crippen molar-refractivity contribution in [3.8, 4) is 11.1 Å². The molecule has 0 bridgehead atoms. The van der Waals surface area contributed by atoms with E-state index >= 15 is 0 Å². The van der Waals surface area contributed by atoms with Crippen LogP contribution in [0.3, 0.4) is 0 Å². The molecule has 5 nitrogen and oxygen atoms in total. The van der Waals surface area contributed by atoms with E-state index in [1.165, 1.54) is 6.07 Å². The maximum absolute atomic E-state index is 13.5. The summed E-state index contributed by atoms with van der Waals surface area (Å²) in [6, 6.07) is 15.0. The van der Waals surface area contributed by atoms with E-state index in [2.05, 4.69) is 5.32 Å². The number of carbonyl (C=O) groups is 1. The van der Waals surface area contributed by atoms with Gasteiger partial charge in [0.2, 0.25) is 0 Å². The molecule has 30 heavy (non-hydrogen) atoms. The maximum Gasteiger partial charge on any atom is 0.251 e. The first-order valence-electron chi connectivity index (χ1n) is 9.29. The van der Waals surface area contributed by atoms with Crippen LogP contribution in [-0.4, -0.2) is 37.9 Å². The normalized spacial score (nSPS) is 20.0. The van der Waals surface area contributed by atoms with Gasteiger partial charge < -0.3 is 11.1 Å². The lowest BCUT2D eigenvalue weighted by Crippen LogP contribution is -2.46. The number of halogens is 2. The fourth-order valence-corrected chi connectivity index (χ4v) is 5.50. The molecular formula is C22H22ClFN2O3S. The zero-order valence-electron chi connectivity index (χ0n) is 16.3. The number of nitrogens with two attached hydrogens (primary N) is 1. The zero-order chi connectivity index (χ0) is 20.8. The third-order valence-electron chi connectivity index (χ3n) is 5.31. The molecule has 1 aliphatic rings. The second-order valence-corrected chi connectivity index (χ2v) is 9.72. The Bertz CT molecular complexity index is 1230. The van der Waals surface area contributed by atoms with Crippen LogP contribution in [0.15, 0.2) is 54.6 Å². The molecular weight excluding hydrogens is 427 g/mol. The molecule has 0 aromatic heterocycles. The topological polar surface area (TPSA) is 89.3 Å². The summed E-state index contributed by atoms with van der Waals surface area (Å²) in [5, 5.41) is 4.56. The van der Waals surface area contributed by atoms with E-state index in [9.17, 15) is 17.6 Å². The van der Waals surface area contributed by atoms with Crippen molar-refractivity contribution in [3.05, 3.63) is 71.5 Å². The van der Waals surface area contributed by atoms with Crippen LogP contribution in [0.5, 0.6) is 0 Å². The molecule has 0 aliphatic carbocycles. The average molecular weight is 449 g/mol. The molecule has 3 aromatic rings. The van der Waals surface area contributed by atoms with Crippen LogP contribution in [-0.2, 0) is 9.84 Å². The van der Waals surface area contributed by atoms with Gasteiger partial charge in [0.15, 0.2) is 9.84 Å². The van der Waals surface area contributed by atoms with Gasteiger partial charge in [0, 0.05) is 11.6 Å². The molecule has 4 rings (SSSR count). The third kappa shape index (κ3) is 4.48. The molecule has 1 aliphatic heterocycles. The van der Waals surface area contributed by atoms with Crippen LogP contribution in [0.25, 0.3) is 21.9 Å². The second-order valence-electron chi connectivity index (χ2n) is 7.56. The molecule has 3 N–H and O–H groups in total. The van der Waals surface area contributed by atoms with Crippen molar-refractivity contribution >= 4 is 38.9 Å². The molecule has 1 amide bonds. The average Bonchev–Trinajstić information content (AvgIpc) is 2.94. The van der Waals surface area contributed by atoms with Crippen molar-refractivity contribution in [2.75, 3.05) is 11.5 Å². The molecule has 1 heterocycles. The highest BCUT2D eigenvalue weighted by atomic mass is 35.5. The minimum absolute atomic E-state index is 0.